The van der Waals surface area contributed by atoms with Crippen LogP contribution < -0.4 is 5.73 Å². The second-order valence-electron chi connectivity index (χ2n) is 5.50. The molecule has 0 spiro atoms. The summed E-state index contributed by atoms with van der Waals surface area (Å²) >= 11 is 0. The average molecular weight is 313 g/mol. The lowest BCUT2D eigenvalue weighted by molar-refractivity contribution is -0.384. The van der Waals surface area contributed by atoms with Crippen LogP contribution in [0.5, 0.6) is 0 Å². The molecular formula is C17H19N3O3. The summed E-state index contributed by atoms with van der Waals surface area (Å²) < 4.78 is 0. The van der Waals surface area contributed by atoms with E-state index in [2.05, 4.69) is 4.90 Å². The van der Waals surface area contributed by atoms with E-state index in [4.69, 9.17) is 5.73 Å². The van der Waals surface area contributed by atoms with E-state index >= 15 is 0 Å². The molecule has 0 bridgehead atoms. The molecule has 2 N–H and O–H groups in total. The Bertz CT molecular complexity index is 713. The molecule has 1 amide bonds. The summed E-state index contributed by atoms with van der Waals surface area (Å²) in [5.74, 6) is -0.449. The minimum Gasteiger partial charge on any atom is -0.366 e. The maximum Gasteiger partial charge on any atom is 0.269 e. The number of primary amides is 1. The van der Waals surface area contributed by atoms with E-state index in [1.54, 1.807) is 24.3 Å². The third kappa shape index (κ3) is 4.14. The first kappa shape index (κ1) is 16.6. The van der Waals surface area contributed by atoms with E-state index in [9.17, 15) is 14.9 Å². The van der Waals surface area contributed by atoms with E-state index in [1.165, 1.54) is 6.07 Å². The normalized spacial score (nSPS) is 12.1. The number of rotatable bonds is 6. The van der Waals surface area contributed by atoms with Crippen LogP contribution in [0.3, 0.4) is 0 Å². The molecule has 120 valence electrons. The van der Waals surface area contributed by atoms with Gasteiger partial charge in [0.25, 0.3) is 5.69 Å². The fraction of sp³-hybridized carbons (Fsp3) is 0.235. The molecule has 0 heterocycles. The smallest absolute Gasteiger partial charge is 0.269 e. The molecule has 0 radical (unpaired) electrons. The molecule has 0 aromatic heterocycles. The fourth-order valence-corrected chi connectivity index (χ4v) is 2.35. The molecule has 6 heteroatoms. The highest BCUT2D eigenvalue weighted by atomic mass is 16.6. The van der Waals surface area contributed by atoms with Crippen molar-refractivity contribution < 1.29 is 9.72 Å². The summed E-state index contributed by atoms with van der Waals surface area (Å²) in [6.45, 7) is 2.65. The highest BCUT2D eigenvalue weighted by Gasteiger charge is 2.15. The van der Waals surface area contributed by atoms with Gasteiger partial charge in [-0.25, -0.2) is 0 Å². The van der Waals surface area contributed by atoms with Gasteiger partial charge in [0.15, 0.2) is 0 Å². The minimum absolute atomic E-state index is 0.0192. The summed E-state index contributed by atoms with van der Waals surface area (Å²) in [5, 5.41) is 10.9. The second kappa shape index (κ2) is 7.02. The highest BCUT2D eigenvalue weighted by molar-refractivity contribution is 5.92. The molecule has 0 saturated carbocycles. The molecule has 6 nitrogen and oxygen atoms in total. The van der Waals surface area contributed by atoms with Gasteiger partial charge in [-0.15, -0.1) is 0 Å². The zero-order valence-electron chi connectivity index (χ0n) is 13.1. The van der Waals surface area contributed by atoms with Crippen molar-refractivity contribution in [2.24, 2.45) is 5.73 Å². The number of non-ortho nitro benzene ring substituents is 1. The molecule has 0 fully saturated rings. The van der Waals surface area contributed by atoms with Crippen molar-refractivity contribution in [1.82, 2.24) is 4.90 Å². The van der Waals surface area contributed by atoms with Gasteiger partial charge in [0.1, 0.15) is 0 Å². The van der Waals surface area contributed by atoms with E-state index in [0.29, 0.717) is 12.1 Å². The Kier molecular flexibility index (Phi) is 5.08. The Morgan fingerprint density at radius 2 is 1.91 bits per heavy atom. The molecular weight excluding hydrogens is 294 g/mol. The van der Waals surface area contributed by atoms with Gasteiger partial charge in [-0.3, -0.25) is 19.8 Å². The summed E-state index contributed by atoms with van der Waals surface area (Å²) in [4.78, 5) is 23.6. The molecule has 1 atom stereocenters. The van der Waals surface area contributed by atoms with Crippen LogP contribution in [0, 0.1) is 10.1 Å². The molecule has 0 saturated heterocycles. The van der Waals surface area contributed by atoms with E-state index < -0.39 is 10.8 Å². The quantitative estimate of drug-likeness (QED) is 0.656. The Hall–Kier alpha value is -2.73. The Balaban J connectivity index is 2.10. The summed E-state index contributed by atoms with van der Waals surface area (Å²) in [6, 6.07) is 13.8. The molecule has 2 aromatic rings. The highest BCUT2D eigenvalue weighted by Crippen LogP contribution is 2.24. The second-order valence-corrected chi connectivity index (χ2v) is 5.50. The molecule has 2 rings (SSSR count). The largest absolute Gasteiger partial charge is 0.366 e. The predicted molar refractivity (Wildman–Crippen MR) is 87.9 cm³/mol. The monoisotopic (exact) mass is 313 g/mol. The number of hydrogen-bond acceptors (Lipinski definition) is 4. The number of nitro benzene ring substituents is 1. The van der Waals surface area contributed by atoms with Crippen molar-refractivity contribution in [2.45, 2.75) is 19.5 Å². The van der Waals surface area contributed by atoms with Crippen molar-refractivity contribution >= 4 is 11.6 Å². The number of carbonyl (C=O) groups is 1. The zero-order chi connectivity index (χ0) is 17.0. The molecule has 0 aliphatic carbocycles. The number of carbonyl (C=O) groups excluding carboxylic acids is 1. The van der Waals surface area contributed by atoms with Gasteiger partial charge in [-0.1, -0.05) is 24.3 Å². The zero-order valence-corrected chi connectivity index (χ0v) is 13.1. The van der Waals surface area contributed by atoms with Crippen LogP contribution in [0.25, 0.3) is 0 Å². The van der Waals surface area contributed by atoms with E-state index in [0.717, 1.165) is 11.1 Å². The van der Waals surface area contributed by atoms with Gasteiger partial charge in [-0.2, -0.15) is 0 Å². The predicted octanol–water partition coefficient (Wildman–Crippen LogP) is 2.89. The number of hydrogen-bond donors (Lipinski definition) is 1. The van der Waals surface area contributed by atoms with Gasteiger partial charge in [-0.05, 0) is 37.2 Å². The van der Waals surface area contributed by atoms with Crippen LogP contribution in [0.1, 0.15) is 34.5 Å². The fourth-order valence-electron chi connectivity index (χ4n) is 2.35. The number of nitro groups is 1. The number of amides is 1. The Morgan fingerprint density at radius 3 is 2.48 bits per heavy atom. The maximum atomic E-state index is 11.1. The third-order valence-electron chi connectivity index (χ3n) is 3.90. The van der Waals surface area contributed by atoms with Crippen LogP contribution in [0.4, 0.5) is 5.69 Å². The van der Waals surface area contributed by atoms with Crippen molar-refractivity contribution in [3.63, 3.8) is 0 Å². The number of nitrogens with zero attached hydrogens (tertiary/aromatic N) is 2. The van der Waals surface area contributed by atoms with Crippen molar-refractivity contribution in [2.75, 3.05) is 7.05 Å². The lowest BCUT2D eigenvalue weighted by Crippen LogP contribution is -2.22. The molecule has 0 unspecified atom stereocenters. The van der Waals surface area contributed by atoms with Crippen LogP contribution in [-0.4, -0.2) is 22.8 Å². The van der Waals surface area contributed by atoms with Gasteiger partial charge in [0, 0.05) is 30.3 Å². The van der Waals surface area contributed by atoms with E-state index in [-0.39, 0.29) is 11.7 Å². The summed E-state index contributed by atoms with van der Waals surface area (Å²) in [7, 11) is 1.95. The minimum atomic E-state index is -0.449. The topological polar surface area (TPSA) is 89.5 Å². The van der Waals surface area contributed by atoms with E-state index in [1.807, 2.05) is 32.2 Å². The van der Waals surface area contributed by atoms with Gasteiger partial charge >= 0.3 is 0 Å². The van der Waals surface area contributed by atoms with Gasteiger partial charge in [0.05, 0.1) is 4.92 Å². The summed E-state index contributed by atoms with van der Waals surface area (Å²) in [6.07, 6.45) is 0. The molecule has 23 heavy (non-hydrogen) atoms. The van der Waals surface area contributed by atoms with Crippen LogP contribution >= 0.6 is 0 Å². The summed E-state index contributed by atoms with van der Waals surface area (Å²) in [5.41, 5.74) is 7.71. The number of benzene rings is 2. The van der Waals surface area contributed by atoms with Crippen molar-refractivity contribution in [3.05, 3.63) is 75.3 Å². The standard InChI is InChI=1S/C17H19N3O3/c1-12(15-4-3-5-16(10-15)20(22)23)19(2)11-13-6-8-14(9-7-13)17(18)21/h3-10,12H,11H2,1-2H3,(H2,18,21)/t12-/m1/s1. The molecule has 0 aliphatic rings. The Morgan fingerprint density at radius 1 is 1.26 bits per heavy atom. The first-order valence-electron chi connectivity index (χ1n) is 7.22. The van der Waals surface area contributed by atoms with Crippen LogP contribution in [0.15, 0.2) is 48.5 Å². The SMILES string of the molecule is C[C@H](c1cccc([N+](=O)[O-])c1)N(C)Cc1ccc(C(N)=O)cc1. The first-order chi connectivity index (χ1) is 10.9. The molecule has 0 aliphatic heterocycles. The number of nitrogens with two attached hydrogens (primary N) is 1. The van der Waals surface area contributed by atoms with Crippen molar-refractivity contribution in [1.29, 1.82) is 0 Å². The molecule has 2 aromatic carbocycles. The van der Waals surface area contributed by atoms with Gasteiger partial charge in [0.2, 0.25) is 5.91 Å². The van der Waals surface area contributed by atoms with Crippen LogP contribution in [0.2, 0.25) is 0 Å². The van der Waals surface area contributed by atoms with Crippen molar-refractivity contribution in [3.8, 4) is 0 Å². The lowest BCUT2D eigenvalue weighted by atomic mass is 10.1. The Labute approximate surface area is 134 Å². The van der Waals surface area contributed by atoms with Crippen LogP contribution in [-0.2, 0) is 6.54 Å². The third-order valence-corrected chi connectivity index (χ3v) is 3.90. The first-order valence-corrected chi connectivity index (χ1v) is 7.22. The lowest BCUT2D eigenvalue weighted by Gasteiger charge is -2.25. The van der Waals surface area contributed by atoms with Gasteiger partial charge < -0.3 is 5.73 Å². The maximum absolute atomic E-state index is 11.1. The average Bonchev–Trinajstić information content (AvgIpc) is 2.54.